The van der Waals surface area contributed by atoms with Crippen LogP contribution < -0.4 is 25.7 Å². The molecule has 9 nitrogen and oxygen atoms in total. The summed E-state index contributed by atoms with van der Waals surface area (Å²) in [6, 6.07) is 0. The Kier molecular flexibility index (Phi) is 8.50. The Hall–Kier alpha value is -4.28. The van der Waals surface area contributed by atoms with Gasteiger partial charge in [-0.05, 0) is 38.7 Å². The molecule has 6 rings (SSSR count). The number of esters is 1. The van der Waals surface area contributed by atoms with Gasteiger partial charge in [0.1, 0.15) is 5.92 Å². The number of ketones is 1. The number of fused-ring (bicyclic) bond motifs is 7. The van der Waals surface area contributed by atoms with E-state index in [1.54, 1.807) is 12.2 Å². The van der Waals surface area contributed by atoms with Crippen molar-refractivity contribution in [2.45, 2.75) is 47.5 Å². The standard InChI is InChI=1S/C35H34N4O5.Mg/c1-8-19-15(3)22-12-24-17(5)21(10-11-28(40)41)32(38-24)30-31(35(43)44-7)34(42)29-18(6)25(39-33(29)30)14-27-20(9-2)16(4)23(37-27)13-26(19)36-22;/h8,10,12-14,17,31H,1,9,11H2,2-7H3,(H3,38,39,40,41,42);/q-2;+2/p-2/b21-10+,23-13-,24-12-,27-14-;/t17-,31+;/m0./s1. The molecule has 2 atom stereocenters. The minimum atomic E-state index is -1.27. The molecular weight excluding hydrogens is 581 g/mol. The number of rotatable bonds is 5. The van der Waals surface area contributed by atoms with Crippen LogP contribution in [0.2, 0.25) is 0 Å². The zero-order valence-corrected chi connectivity index (χ0v) is 27.7. The summed E-state index contributed by atoms with van der Waals surface area (Å²) in [5.41, 5.74) is 9.16. The molecule has 1 fully saturated rings. The third-order valence-corrected chi connectivity index (χ3v) is 8.97. The van der Waals surface area contributed by atoms with Gasteiger partial charge >= 0.3 is 35.0 Å². The Morgan fingerprint density at radius 3 is 2.33 bits per heavy atom. The van der Waals surface area contributed by atoms with Gasteiger partial charge in [0, 0.05) is 5.56 Å². The van der Waals surface area contributed by atoms with E-state index in [1.165, 1.54) is 7.11 Å². The van der Waals surface area contributed by atoms with Crippen molar-refractivity contribution in [3.05, 3.63) is 102 Å². The third kappa shape index (κ3) is 4.96. The molecule has 8 bridgehead atoms. The van der Waals surface area contributed by atoms with E-state index in [-0.39, 0.29) is 35.4 Å². The number of aliphatic carboxylic acids is 1. The fourth-order valence-electron chi connectivity index (χ4n) is 6.55. The van der Waals surface area contributed by atoms with E-state index in [9.17, 15) is 19.5 Å². The van der Waals surface area contributed by atoms with Crippen molar-refractivity contribution in [3.8, 4) is 0 Å². The summed E-state index contributed by atoms with van der Waals surface area (Å²) >= 11 is 0. The van der Waals surface area contributed by atoms with Crippen molar-refractivity contribution in [3.63, 3.8) is 0 Å². The number of carbonyl (C=O) groups excluding carboxylic acids is 2. The average molecular weight is 613 g/mol. The molecule has 0 radical (unpaired) electrons. The molecule has 3 aromatic heterocycles. The molecule has 45 heavy (non-hydrogen) atoms. The Morgan fingerprint density at radius 1 is 1.00 bits per heavy atom. The second-order valence-corrected chi connectivity index (χ2v) is 11.3. The van der Waals surface area contributed by atoms with E-state index >= 15 is 0 Å². The van der Waals surface area contributed by atoms with E-state index in [0.717, 1.165) is 45.1 Å². The number of hydrogen-bond acceptors (Lipinski definition) is 4. The summed E-state index contributed by atoms with van der Waals surface area (Å²) in [5.74, 6) is -3.76. The van der Waals surface area contributed by atoms with E-state index in [1.807, 2.05) is 45.9 Å². The molecule has 0 aromatic carbocycles. The predicted octanol–water partition coefficient (Wildman–Crippen LogP) is 3.44. The van der Waals surface area contributed by atoms with Crippen LogP contribution in [0.4, 0.5) is 0 Å². The topological polar surface area (TPSA) is 137 Å². The van der Waals surface area contributed by atoms with Gasteiger partial charge in [-0.2, -0.15) is 5.70 Å². The van der Waals surface area contributed by atoms with Gasteiger partial charge in [0.25, 0.3) is 0 Å². The first-order chi connectivity index (χ1) is 21.0. The van der Waals surface area contributed by atoms with Crippen LogP contribution in [0.5, 0.6) is 0 Å². The number of methoxy groups -OCH3 is 1. The number of carboxylic acids is 1. The van der Waals surface area contributed by atoms with Crippen LogP contribution in [-0.2, 0) is 20.7 Å². The largest absolute Gasteiger partial charge is 2.00 e. The average Bonchev–Trinajstić information content (AvgIpc) is 3.72. The van der Waals surface area contributed by atoms with Crippen LogP contribution in [0, 0.1) is 32.6 Å². The molecule has 2 aliphatic heterocycles. The number of nitrogens with zero attached hydrogens (tertiary/aromatic N) is 4. The Labute approximate surface area is 277 Å². The molecule has 10 heteroatoms. The number of ether oxygens (including phenoxy) is 1. The summed E-state index contributed by atoms with van der Waals surface area (Å²) in [7, 11) is 1.24. The van der Waals surface area contributed by atoms with E-state index < -0.39 is 23.6 Å². The van der Waals surface area contributed by atoms with Crippen LogP contribution >= 0.6 is 0 Å². The molecule has 1 N–H and O–H groups in total. The van der Waals surface area contributed by atoms with Crippen LogP contribution in [0.1, 0.15) is 81.2 Å². The predicted molar refractivity (Wildman–Crippen MR) is 173 cm³/mol. The minimum Gasteiger partial charge on any atom is -0.660 e. The summed E-state index contributed by atoms with van der Waals surface area (Å²) in [5, 5.41) is 16.1. The van der Waals surface area contributed by atoms with E-state index in [0.29, 0.717) is 50.7 Å². The van der Waals surface area contributed by atoms with Crippen molar-refractivity contribution < 1.29 is 24.2 Å². The normalized spacial score (nSPS) is 23.3. The minimum absolute atomic E-state index is 0. The summed E-state index contributed by atoms with van der Waals surface area (Å²) in [4.78, 5) is 53.6. The zero-order valence-electron chi connectivity index (χ0n) is 26.2. The smallest absolute Gasteiger partial charge is 0.660 e. The number of hydrogen-bond donors (Lipinski definition) is 1. The first kappa shape index (κ1) is 32.1. The number of aromatic nitrogens is 3. The van der Waals surface area contributed by atoms with Gasteiger partial charge in [-0.3, -0.25) is 14.4 Å². The summed E-state index contributed by atoms with van der Waals surface area (Å²) in [6.45, 7) is 13.8. The number of carboxylic acid groups (broad SMARTS) is 1. The Morgan fingerprint density at radius 2 is 1.69 bits per heavy atom. The molecule has 1 aliphatic carbocycles. The van der Waals surface area contributed by atoms with Gasteiger partial charge < -0.3 is 30.1 Å². The number of carbonyl (C=O) groups is 3. The third-order valence-electron chi connectivity index (χ3n) is 8.97. The SMILES string of the molecule is C=Cc1c2[n-]c(c1C)/C=C1\[N-]C(=C3\c4[n-]c(c(C)c4C(=O)[C@@H]3C(=O)OC)/C=c3\[n-]/c(c(C)c3CC)=C\2)/C(=C/CC(=O)O)[C@@H]1C.[Mg+2]. The second-order valence-electron chi connectivity index (χ2n) is 11.3. The molecular formula is C35H32MgN4O5-2. The van der Waals surface area contributed by atoms with Crippen LogP contribution in [0.25, 0.3) is 35.2 Å². The first-order valence-corrected chi connectivity index (χ1v) is 14.5. The summed E-state index contributed by atoms with van der Waals surface area (Å²) < 4.78 is 5.09. The maximum absolute atomic E-state index is 13.9. The van der Waals surface area contributed by atoms with Gasteiger partial charge in [-0.1, -0.05) is 84.2 Å². The molecule has 0 amide bonds. The van der Waals surface area contributed by atoms with Crippen molar-refractivity contribution in [1.29, 1.82) is 0 Å². The molecule has 3 aromatic rings. The monoisotopic (exact) mass is 612 g/mol. The van der Waals surface area contributed by atoms with Gasteiger partial charge in [-0.25, -0.2) is 0 Å². The molecule has 5 heterocycles. The fourth-order valence-corrected chi connectivity index (χ4v) is 6.55. The van der Waals surface area contributed by atoms with Crippen molar-refractivity contribution in [2.24, 2.45) is 11.8 Å². The van der Waals surface area contributed by atoms with Crippen LogP contribution in [-0.4, -0.2) is 53.0 Å². The molecule has 226 valence electrons. The maximum atomic E-state index is 13.9. The maximum Gasteiger partial charge on any atom is 2.00 e. The Balaban J connectivity index is 0.00000400. The van der Waals surface area contributed by atoms with Crippen LogP contribution in [0.3, 0.4) is 0 Å². The van der Waals surface area contributed by atoms with Crippen molar-refractivity contribution in [1.82, 2.24) is 15.0 Å². The second kappa shape index (κ2) is 11.9. The van der Waals surface area contributed by atoms with Crippen molar-refractivity contribution >= 4 is 70.7 Å². The Bertz CT molecular complexity index is 2030. The number of allylic oxidation sites excluding steroid dienone is 2. The number of Topliss-reactive ketones (excluding diaryl/α,β-unsaturated/α-hetero) is 1. The molecule has 1 saturated heterocycles. The first-order valence-electron chi connectivity index (χ1n) is 14.5. The van der Waals surface area contributed by atoms with Crippen molar-refractivity contribution in [2.75, 3.05) is 7.11 Å². The van der Waals surface area contributed by atoms with Gasteiger partial charge in [0.2, 0.25) is 0 Å². The molecule has 0 unspecified atom stereocenters. The van der Waals surface area contributed by atoms with E-state index in [4.69, 9.17) is 25.0 Å². The molecule has 0 saturated carbocycles. The zero-order chi connectivity index (χ0) is 31.6. The molecule has 0 spiro atoms. The fraction of sp³-hybridized carbons (Fsp3) is 0.286. The summed E-state index contributed by atoms with van der Waals surface area (Å²) in [6.07, 6.45) is 9.59. The van der Waals surface area contributed by atoms with Gasteiger partial charge in [0.05, 0.1) is 13.5 Å². The van der Waals surface area contributed by atoms with Crippen LogP contribution in [0.15, 0.2) is 29.6 Å². The van der Waals surface area contributed by atoms with Gasteiger partial charge in [0.15, 0.2) is 5.78 Å². The van der Waals surface area contributed by atoms with Gasteiger partial charge in [-0.15, -0.1) is 39.2 Å². The quantitative estimate of drug-likeness (QED) is 0.263. The molecule has 3 aliphatic rings. The van der Waals surface area contributed by atoms with E-state index in [2.05, 4.69) is 13.5 Å².